The Morgan fingerprint density at radius 3 is 2.38 bits per heavy atom. The van der Waals surface area contributed by atoms with Crippen LogP contribution in [0.1, 0.15) is 54.9 Å². The van der Waals surface area contributed by atoms with Gasteiger partial charge in [0.1, 0.15) is 5.75 Å². The molecule has 0 saturated heterocycles. The fourth-order valence-electron chi connectivity index (χ4n) is 3.41. The average Bonchev–Trinajstić information content (AvgIpc) is 3.10. The Hall–Kier alpha value is -3.87. The fourth-order valence-corrected chi connectivity index (χ4v) is 3.41. The largest absolute Gasteiger partial charge is 0.485 e. The zero-order valence-corrected chi connectivity index (χ0v) is 18.4. The van der Waals surface area contributed by atoms with E-state index in [0.717, 1.165) is 5.56 Å². The maximum atomic E-state index is 12.8. The molecule has 0 fully saturated rings. The lowest BCUT2D eigenvalue weighted by molar-refractivity contribution is 0.0524. The number of amides is 1. The van der Waals surface area contributed by atoms with E-state index in [1.807, 2.05) is 30.3 Å². The lowest BCUT2D eigenvalue weighted by Gasteiger charge is -2.11. The van der Waals surface area contributed by atoms with E-state index < -0.39 is 5.97 Å². The Labute approximate surface area is 186 Å². The minimum atomic E-state index is -0.473. The molecule has 1 heterocycles. The van der Waals surface area contributed by atoms with Crippen molar-refractivity contribution in [3.8, 4) is 5.75 Å². The summed E-state index contributed by atoms with van der Waals surface area (Å²) in [5.74, 6) is -0.800. The number of hydrogen-bond acceptors (Lipinski definition) is 5. The maximum absolute atomic E-state index is 12.8. The van der Waals surface area contributed by atoms with Crippen LogP contribution in [-0.2, 0) is 11.3 Å². The Bertz CT molecular complexity index is 1120. The van der Waals surface area contributed by atoms with Gasteiger partial charge < -0.3 is 19.8 Å². The molecule has 3 rings (SSSR count). The molecule has 0 radical (unpaired) electrons. The molecule has 0 saturated carbocycles. The van der Waals surface area contributed by atoms with Gasteiger partial charge in [0.15, 0.2) is 6.61 Å². The van der Waals surface area contributed by atoms with Crippen LogP contribution in [0, 0.1) is 13.8 Å². The molecule has 0 aliphatic rings. The van der Waals surface area contributed by atoms with Crippen molar-refractivity contribution in [2.75, 3.05) is 13.2 Å². The fraction of sp³-hybridized carbons (Fsp3) is 0.240. The number of aromatic amines is 1. The lowest BCUT2D eigenvalue weighted by atomic mass is 10.1. The standard InChI is InChI=1S/C25H26N2O5/c1-4-31-25(30)22-16(2)23(27-17(22)3)20(28)15-32-21-13-9-8-12-19(21)24(29)26-14-18-10-6-5-7-11-18/h5-13,27H,4,14-15H2,1-3H3,(H,26,29). The highest BCUT2D eigenvalue weighted by Crippen LogP contribution is 2.22. The molecule has 2 N–H and O–H groups in total. The molecular weight excluding hydrogens is 408 g/mol. The number of aromatic nitrogens is 1. The highest BCUT2D eigenvalue weighted by Gasteiger charge is 2.23. The number of hydrogen-bond donors (Lipinski definition) is 2. The van der Waals surface area contributed by atoms with Crippen molar-refractivity contribution in [3.63, 3.8) is 0 Å². The quantitative estimate of drug-likeness (QED) is 0.392. The number of esters is 1. The van der Waals surface area contributed by atoms with Gasteiger partial charge >= 0.3 is 5.97 Å². The molecule has 0 spiro atoms. The second-order valence-electron chi connectivity index (χ2n) is 7.22. The van der Waals surface area contributed by atoms with E-state index in [9.17, 15) is 14.4 Å². The van der Waals surface area contributed by atoms with Gasteiger partial charge in [0.25, 0.3) is 5.91 Å². The van der Waals surface area contributed by atoms with Gasteiger partial charge in [-0.25, -0.2) is 4.79 Å². The van der Waals surface area contributed by atoms with Crippen LogP contribution in [0.4, 0.5) is 0 Å². The van der Waals surface area contributed by atoms with E-state index in [-0.39, 0.29) is 30.6 Å². The van der Waals surface area contributed by atoms with Crippen molar-refractivity contribution in [3.05, 3.63) is 88.2 Å². The van der Waals surface area contributed by atoms with Crippen LogP contribution in [0.2, 0.25) is 0 Å². The minimum absolute atomic E-state index is 0.248. The molecule has 0 atom stereocenters. The number of aryl methyl sites for hydroxylation is 1. The van der Waals surface area contributed by atoms with E-state index in [0.29, 0.717) is 34.7 Å². The molecule has 0 bridgehead atoms. The van der Waals surface area contributed by atoms with Crippen LogP contribution >= 0.6 is 0 Å². The third kappa shape index (κ3) is 5.24. The summed E-state index contributed by atoms with van der Waals surface area (Å²) in [5.41, 5.74) is 3.04. The van der Waals surface area contributed by atoms with Gasteiger partial charge in [0.05, 0.1) is 23.4 Å². The Balaban J connectivity index is 1.69. The lowest BCUT2D eigenvalue weighted by Crippen LogP contribution is -2.24. The van der Waals surface area contributed by atoms with E-state index in [1.165, 1.54) is 0 Å². The van der Waals surface area contributed by atoms with E-state index >= 15 is 0 Å². The van der Waals surface area contributed by atoms with Crippen molar-refractivity contribution >= 4 is 17.7 Å². The first kappa shape index (κ1) is 22.8. The Kier molecular flexibility index (Phi) is 7.44. The van der Waals surface area contributed by atoms with Gasteiger partial charge in [-0.1, -0.05) is 42.5 Å². The SMILES string of the molecule is CCOC(=O)c1c(C)[nH]c(C(=O)COc2ccccc2C(=O)NCc2ccccc2)c1C. The van der Waals surface area contributed by atoms with Crippen LogP contribution in [-0.4, -0.2) is 35.9 Å². The zero-order valence-electron chi connectivity index (χ0n) is 18.4. The van der Waals surface area contributed by atoms with Gasteiger partial charge in [-0.15, -0.1) is 0 Å². The number of benzene rings is 2. The molecule has 2 aromatic carbocycles. The molecule has 0 aliphatic heterocycles. The highest BCUT2D eigenvalue weighted by atomic mass is 16.5. The number of rotatable bonds is 9. The van der Waals surface area contributed by atoms with Crippen LogP contribution in [0.15, 0.2) is 54.6 Å². The van der Waals surface area contributed by atoms with Gasteiger partial charge in [0, 0.05) is 12.2 Å². The van der Waals surface area contributed by atoms with Gasteiger partial charge in [0.2, 0.25) is 5.78 Å². The number of Topliss-reactive ketones (excluding diaryl/α,β-unsaturated/α-hetero) is 1. The average molecular weight is 434 g/mol. The third-order valence-electron chi connectivity index (χ3n) is 4.98. The monoisotopic (exact) mass is 434 g/mol. The number of ether oxygens (including phenoxy) is 2. The summed E-state index contributed by atoms with van der Waals surface area (Å²) in [7, 11) is 0. The molecule has 32 heavy (non-hydrogen) atoms. The summed E-state index contributed by atoms with van der Waals surface area (Å²) < 4.78 is 10.8. The maximum Gasteiger partial charge on any atom is 0.340 e. The molecule has 7 heteroatoms. The zero-order chi connectivity index (χ0) is 23.1. The molecule has 7 nitrogen and oxygen atoms in total. The van der Waals surface area contributed by atoms with Crippen molar-refractivity contribution in [1.82, 2.24) is 10.3 Å². The molecule has 166 valence electrons. The van der Waals surface area contributed by atoms with Crippen LogP contribution in [0.25, 0.3) is 0 Å². The summed E-state index contributed by atoms with van der Waals surface area (Å²) >= 11 is 0. The number of ketones is 1. The number of para-hydroxylation sites is 1. The number of H-pyrrole nitrogens is 1. The first-order chi connectivity index (χ1) is 15.4. The van der Waals surface area contributed by atoms with Gasteiger partial charge in [-0.2, -0.15) is 0 Å². The summed E-state index contributed by atoms with van der Waals surface area (Å²) in [4.78, 5) is 40.5. The molecule has 3 aromatic rings. The molecule has 1 amide bonds. The van der Waals surface area contributed by atoms with E-state index in [2.05, 4.69) is 10.3 Å². The summed E-state index contributed by atoms with van der Waals surface area (Å²) in [6.07, 6.45) is 0. The Morgan fingerprint density at radius 2 is 1.66 bits per heavy atom. The Morgan fingerprint density at radius 1 is 0.969 bits per heavy atom. The number of carbonyl (C=O) groups is 3. The summed E-state index contributed by atoms with van der Waals surface area (Å²) in [6.45, 7) is 5.47. The molecule has 0 aliphatic carbocycles. The van der Waals surface area contributed by atoms with Crippen LogP contribution in [0.3, 0.4) is 0 Å². The molecule has 0 unspecified atom stereocenters. The normalized spacial score (nSPS) is 10.5. The predicted molar refractivity (Wildman–Crippen MR) is 120 cm³/mol. The second-order valence-corrected chi connectivity index (χ2v) is 7.22. The molecular formula is C25H26N2O5. The van der Waals surface area contributed by atoms with Crippen molar-refractivity contribution in [2.24, 2.45) is 0 Å². The number of nitrogens with one attached hydrogen (secondary N) is 2. The van der Waals surface area contributed by atoms with Gasteiger partial charge in [-0.05, 0) is 44.0 Å². The summed E-state index contributed by atoms with van der Waals surface area (Å²) in [5, 5.41) is 2.86. The third-order valence-corrected chi connectivity index (χ3v) is 4.98. The first-order valence-electron chi connectivity index (χ1n) is 10.4. The topological polar surface area (TPSA) is 97.5 Å². The highest BCUT2D eigenvalue weighted by molar-refractivity contribution is 6.02. The van der Waals surface area contributed by atoms with Crippen molar-refractivity contribution in [2.45, 2.75) is 27.3 Å². The molecule has 1 aromatic heterocycles. The second kappa shape index (κ2) is 10.4. The van der Waals surface area contributed by atoms with E-state index in [4.69, 9.17) is 9.47 Å². The minimum Gasteiger partial charge on any atom is -0.485 e. The number of carbonyl (C=O) groups excluding carboxylic acids is 3. The predicted octanol–water partition coefficient (Wildman–Crippen LogP) is 4.00. The van der Waals surface area contributed by atoms with Crippen molar-refractivity contribution < 1.29 is 23.9 Å². The smallest absolute Gasteiger partial charge is 0.340 e. The first-order valence-corrected chi connectivity index (χ1v) is 10.4. The van der Waals surface area contributed by atoms with Crippen molar-refractivity contribution in [1.29, 1.82) is 0 Å². The summed E-state index contributed by atoms with van der Waals surface area (Å²) in [6, 6.07) is 16.3. The van der Waals surface area contributed by atoms with Gasteiger partial charge in [-0.3, -0.25) is 9.59 Å². The van der Waals surface area contributed by atoms with E-state index in [1.54, 1.807) is 45.0 Å². The van der Waals surface area contributed by atoms with Crippen LogP contribution in [0.5, 0.6) is 5.75 Å². The van der Waals surface area contributed by atoms with Crippen LogP contribution < -0.4 is 10.1 Å².